The molecule has 1 heterocycles. The molecule has 2 aromatic rings. The highest BCUT2D eigenvalue weighted by Crippen LogP contribution is 2.38. The Morgan fingerprint density at radius 3 is 2.50 bits per heavy atom. The van der Waals surface area contributed by atoms with Crippen LogP contribution in [0.5, 0.6) is 11.5 Å². The Morgan fingerprint density at radius 1 is 1.19 bits per heavy atom. The van der Waals surface area contributed by atoms with Crippen LogP contribution in [0.25, 0.3) is 5.57 Å². The zero-order valence-electron chi connectivity index (χ0n) is 13.9. The van der Waals surface area contributed by atoms with Crippen molar-refractivity contribution in [2.75, 3.05) is 13.7 Å². The Bertz CT molecular complexity index is 1030. The molecule has 0 spiro atoms. The summed E-state index contributed by atoms with van der Waals surface area (Å²) in [6.45, 7) is 1.80. The summed E-state index contributed by atoms with van der Waals surface area (Å²) in [5.41, 5.74) is 1.32. The van der Waals surface area contributed by atoms with Gasteiger partial charge in [-0.25, -0.2) is 9.59 Å². The van der Waals surface area contributed by atoms with Gasteiger partial charge in [-0.1, -0.05) is 17.7 Å². The van der Waals surface area contributed by atoms with E-state index in [1.165, 1.54) is 24.3 Å². The van der Waals surface area contributed by atoms with Crippen LogP contribution in [0.1, 0.15) is 21.5 Å². The fraction of sp³-hybridized carbons (Fsp3) is 0.167. The molecule has 0 bridgehead atoms. The van der Waals surface area contributed by atoms with Gasteiger partial charge in [0.05, 0.1) is 12.7 Å². The van der Waals surface area contributed by atoms with Crippen molar-refractivity contribution in [3.05, 3.63) is 53.1 Å². The van der Waals surface area contributed by atoms with Gasteiger partial charge in [0.2, 0.25) is 0 Å². The van der Waals surface area contributed by atoms with E-state index in [1.54, 1.807) is 18.1 Å². The first kappa shape index (κ1) is 17.7. The SMILES string of the molecule is COC(=O)c1cc2c(cc1OS(=O)(=O)c1ccc(C)cc1)OCC2=C=O. The molecule has 0 radical (unpaired) electrons. The van der Waals surface area contributed by atoms with E-state index in [9.17, 15) is 18.0 Å². The molecule has 0 saturated carbocycles. The number of carbonyl (C=O) groups excluding carboxylic acids is 2. The lowest BCUT2D eigenvalue weighted by atomic mass is 10.0. The van der Waals surface area contributed by atoms with E-state index in [0.717, 1.165) is 12.7 Å². The summed E-state index contributed by atoms with van der Waals surface area (Å²) in [6.07, 6.45) is 0. The van der Waals surface area contributed by atoms with Crippen LogP contribution < -0.4 is 8.92 Å². The fourth-order valence-corrected chi connectivity index (χ4v) is 3.38. The number of fused-ring (bicyclic) bond motifs is 1. The lowest BCUT2D eigenvalue weighted by Gasteiger charge is -2.12. The van der Waals surface area contributed by atoms with Crippen molar-refractivity contribution in [3.8, 4) is 11.5 Å². The number of benzene rings is 2. The second kappa shape index (κ2) is 6.67. The maximum Gasteiger partial charge on any atom is 0.341 e. The van der Waals surface area contributed by atoms with E-state index in [2.05, 4.69) is 4.74 Å². The van der Waals surface area contributed by atoms with Crippen molar-refractivity contribution in [2.45, 2.75) is 11.8 Å². The summed E-state index contributed by atoms with van der Waals surface area (Å²) in [6, 6.07) is 8.61. The van der Waals surface area contributed by atoms with Crippen molar-refractivity contribution in [2.24, 2.45) is 0 Å². The molecule has 7 nitrogen and oxygen atoms in total. The zero-order valence-corrected chi connectivity index (χ0v) is 14.8. The highest BCUT2D eigenvalue weighted by atomic mass is 32.2. The summed E-state index contributed by atoms with van der Waals surface area (Å²) in [5, 5.41) is 0. The number of methoxy groups -OCH3 is 1. The number of carbonyl (C=O) groups is 1. The molecule has 134 valence electrons. The molecular formula is C18H14O7S. The number of aryl methyl sites for hydroxylation is 1. The van der Waals surface area contributed by atoms with Crippen molar-refractivity contribution in [3.63, 3.8) is 0 Å². The lowest BCUT2D eigenvalue weighted by molar-refractivity contribution is 0.0599. The summed E-state index contributed by atoms with van der Waals surface area (Å²) >= 11 is 0. The van der Waals surface area contributed by atoms with Crippen molar-refractivity contribution < 1.29 is 31.7 Å². The molecule has 8 heteroatoms. The number of hydrogen-bond acceptors (Lipinski definition) is 7. The van der Waals surface area contributed by atoms with E-state index in [1.807, 2.05) is 6.92 Å². The van der Waals surface area contributed by atoms with Crippen LogP contribution in [0, 0.1) is 6.92 Å². The Balaban J connectivity index is 2.08. The quantitative estimate of drug-likeness (QED) is 0.460. The topological polar surface area (TPSA) is 96.0 Å². The van der Waals surface area contributed by atoms with Gasteiger partial charge in [0, 0.05) is 11.6 Å². The largest absolute Gasteiger partial charge is 0.487 e. The predicted octanol–water partition coefficient (Wildman–Crippen LogP) is 2.16. The van der Waals surface area contributed by atoms with E-state index in [4.69, 9.17) is 8.92 Å². The van der Waals surface area contributed by atoms with E-state index in [0.29, 0.717) is 5.56 Å². The molecule has 0 N–H and O–H groups in total. The molecule has 2 aromatic carbocycles. The number of esters is 1. The summed E-state index contributed by atoms with van der Waals surface area (Å²) < 4.78 is 40.2. The highest BCUT2D eigenvalue weighted by molar-refractivity contribution is 7.87. The number of rotatable bonds is 4. The summed E-state index contributed by atoms with van der Waals surface area (Å²) in [5.74, 6) is 0.907. The van der Waals surface area contributed by atoms with Gasteiger partial charge in [0.15, 0.2) is 5.75 Å². The van der Waals surface area contributed by atoms with Gasteiger partial charge in [-0.05, 0) is 25.1 Å². The third-order valence-electron chi connectivity index (χ3n) is 3.82. The van der Waals surface area contributed by atoms with Gasteiger partial charge in [-0.2, -0.15) is 8.42 Å². The smallest absolute Gasteiger partial charge is 0.341 e. The van der Waals surface area contributed by atoms with Crippen LogP contribution in [-0.2, 0) is 19.6 Å². The Kier molecular flexibility index (Phi) is 4.54. The molecule has 0 unspecified atom stereocenters. The minimum atomic E-state index is -4.18. The van der Waals surface area contributed by atoms with E-state index < -0.39 is 16.1 Å². The van der Waals surface area contributed by atoms with Crippen LogP contribution in [0.4, 0.5) is 0 Å². The molecule has 0 saturated heterocycles. The van der Waals surface area contributed by atoms with Crippen molar-refractivity contribution in [1.29, 1.82) is 0 Å². The predicted molar refractivity (Wildman–Crippen MR) is 91.4 cm³/mol. The number of hydrogen-bond donors (Lipinski definition) is 0. The average molecular weight is 374 g/mol. The first-order valence-electron chi connectivity index (χ1n) is 7.50. The first-order valence-corrected chi connectivity index (χ1v) is 8.91. The van der Waals surface area contributed by atoms with Gasteiger partial charge in [-0.15, -0.1) is 0 Å². The second-order valence-electron chi connectivity index (χ2n) is 5.56. The lowest BCUT2D eigenvalue weighted by Crippen LogP contribution is -2.13. The summed E-state index contributed by atoms with van der Waals surface area (Å²) in [7, 11) is -3.02. The van der Waals surface area contributed by atoms with Gasteiger partial charge in [0.1, 0.15) is 28.8 Å². The molecule has 3 rings (SSSR count). The average Bonchev–Trinajstić information content (AvgIpc) is 3.02. The van der Waals surface area contributed by atoms with E-state index >= 15 is 0 Å². The fourth-order valence-electron chi connectivity index (χ4n) is 2.44. The molecule has 0 aromatic heterocycles. The third-order valence-corrected chi connectivity index (χ3v) is 5.07. The van der Waals surface area contributed by atoms with E-state index in [-0.39, 0.29) is 34.1 Å². The Hall–Kier alpha value is -3.09. The van der Waals surface area contributed by atoms with Gasteiger partial charge < -0.3 is 13.7 Å². The zero-order chi connectivity index (χ0) is 18.9. The number of ether oxygens (including phenoxy) is 2. The molecule has 0 aliphatic carbocycles. The molecule has 1 aliphatic rings. The summed E-state index contributed by atoms with van der Waals surface area (Å²) in [4.78, 5) is 23.0. The first-order chi connectivity index (χ1) is 12.4. The Labute approximate surface area is 149 Å². The second-order valence-corrected chi connectivity index (χ2v) is 7.10. The molecule has 0 amide bonds. The molecule has 0 fully saturated rings. The minimum Gasteiger partial charge on any atom is -0.487 e. The van der Waals surface area contributed by atoms with Crippen LogP contribution in [0.2, 0.25) is 0 Å². The van der Waals surface area contributed by atoms with Gasteiger partial charge >= 0.3 is 16.1 Å². The molecular weight excluding hydrogens is 360 g/mol. The van der Waals surface area contributed by atoms with Crippen molar-refractivity contribution in [1.82, 2.24) is 0 Å². The van der Waals surface area contributed by atoms with Gasteiger partial charge in [-0.3, -0.25) is 0 Å². The molecule has 0 atom stereocenters. The standard InChI is InChI=1S/C18H14O7S/c1-11-3-5-13(6-4-11)26(21,22)25-17-8-16-14(12(9-19)10-24-16)7-15(17)18(20)23-2/h3-8H,10H2,1-2H3. The third kappa shape index (κ3) is 3.20. The normalized spacial score (nSPS) is 12.8. The maximum absolute atomic E-state index is 12.5. The monoisotopic (exact) mass is 374 g/mol. The molecule has 1 aliphatic heterocycles. The minimum absolute atomic E-state index is 0.0202. The van der Waals surface area contributed by atoms with Crippen LogP contribution in [0.15, 0.2) is 41.3 Å². The maximum atomic E-state index is 12.5. The van der Waals surface area contributed by atoms with Crippen molar-refractivity contribution >= 4 is 27.6 Å². The van der Waals surface area contributed by atoms with Crippen LogP contribution in [-0.4, -0.2) is 34.0 Å². The highest BCUT2D eigenvalue weighted by Gasteiger charge is 2.28. The van der Waals surface area contributed by atoms with Gasteiger partial charge in [0.25, 0.3) is 0 Å². The molecule has 26 heavy (non-hydrogen) atoms. The van der Waals surface area contributed by atoms with Crippen LogP contribution in [0.3, 0.4) is 0 Å². The Morgan fingerprint density at radius 2 is 1.88 bits per heavy atom. The van der Waals surface area contributed by atoms with Crippen LogP contribution >= 0.6 is 0 Å².